The van der Waals surface area contributed by atoms with Crippen molar-refractivity contribution in [1.29, 1.82) is 0 Å². The quantitative estimate of drug-likeness (QED) is 0.497. The first-order valence-corrected chi connectivity index (χ1v) is 5.62. The Morgan fingerprint density at radius 1 is 1.06 bits per heavy atom. The number of carbonyl (C=O) groups excluding carboxylic acids is 2. The molecule has 5 N–H and O–H groups in total. The summed E-state index contributed by atoms with van der Waals surface area (Å²) in [5.41, 5.74) is 6.85. The molecule has 0 heterocycles. The summed E-state index contributed by atoms with van der Waals surface area (Å²) in [4.78, 5) is 22.6. The second-order valence-corrected chi connectivity index (χ2v) is 3.70. The lowest BCUT2D eigenvalue weighted by molar-refractivity contribution is -0.139. The Kier molecular flexibility index (Phi) is 5.83. The van der Waals surface area contributed by atoms with Gasteiger partial charge in [-0.05, 0) is 11.1 Å². The van der Waals surface area contributed by atoms with E-state index in [9.17, 15) is 9.59 Å². The molecule has 0 spiro atoms. The maximum atomic E-state index is 11.3. The number of hydrogen-bond donors (Lipinski definition) is 4. The second kappa shape index (κ2) is 7.41. The first-order valence-electron chi connectivity index (χ1n) is 5.62. The van der Waals surface area contributed by atoms with E-state index < -0.39 is 11.8 Å². The Balaban J connectivity index is 2.39. The lowest BCUT2D eigenvalue weighted by Gasteiger charge is -2.06. The molecular weight excluding hydrogens is 234 g/mol. The van der Waals surface area contributed by atoms with Crippen molar-refractivity contribution in [3.8, 4) is 0 Å². The average Bonchev–Trinajstić information content (AvgIpc) is 2.42. The zero-order valence-corrected chi connectivity index (χ0v) is 9.98. The molecule has 0 aliphatic carbocycles. The van der Waals surface area contributed by atoms with E-state index in [0.717, 1.165) is 11.1 Å². The van der Waals surface area contributed by atoms with Gasteiger partial charge in [-0.15, -0.1) is 0 Å². The number of amides is 2. The van der Waals surface area contributed by atoms with Gasteiger partial charge in [-0.25, -0.2) is 0 Å². The summed E-state index contributed by atoms with van der Waals surface area (Å²) in [5.74, 6) is -1.37. The van der Waals surface area contributed by atoms with Crippen LogP contribution in [0.4, 0.5) is 0 Å². The molecule has 18 heavy (non-hydrogen) atoms. The first-order chi connectivity index (χ1) is 8.67. The summed E-state index contributed by atoms with van der Waals surface area (Å²) >= 11 is 0. The molecule has 2 amide bonds. The number of carbonyl (C=O) groups is 2. The molecule has 0 aromatic heterocycles. The number of aliphatic hydroxyl groups is 1. The minimum atomic E-state index is -0.688. The Morgan fingerprint density at radius 2 is 1.61 bits per heavy atom. The van der Waals surface area contributed by atoms with Crippen molar-refractivity contribution < 1.29 is 14.7 Å². The van der Waals surface area contributed by atoms with Crippen LogP contribution in [0.3, 0.4) is 0 Å². The molecule has 0 saturated carbocycles. The summed E-state index contributed by atoms with van der Waals surface area (Å²) in [6, 6.07) is 7.08. The van der Waals surface area contributed by atoms with E-state index in [1.165, 1.54) is 0 Å². The normalized spacial score (nSPS) is 9.89. The molecular formula is C12H17N3O3. The molecule has 0 unspecified atom stereocenters. The van der Waals surface area contributed by atoms with Crippen LogP contribution in [0.25, 0.3) is 0 Å². The average molecular weight is 251 g/mol. The van der Waals surface area contributed by atoms with Gasteiger partial charge in [0.1, 0.15) is 0 Å². The lowest BCUT2D eigenvalue weighted by Crippen LogP contribution is -2.41. The predicted molar refractivity (Wildman–Crippen MR) is 66.3 cm³/mol. The van der Waals surface area contributed by atoms with Crippen molar-refractivity contribution in [3.63, 3.8) is 0 Å². The minimum Gasteiger partial charge on any atom is -0.392 e. The Hall–Kier alpha value is -1.92. The Morgan fingerprint density at radius 3 is 2.17 bits per heavy atom. The fourth-order valence-corrected chi connectivity index (χ4v) is 1.29. The summed E-state index contributed by atoms with van der Waals surface area (Å²) in [6.07, 6.45) is 0. The van der Waals surface area contributed by atoms with Gasteiger partial charge in [-0.3, -0.25) is 9.59 Å². The summed E-state index contributed by atoms with van der Waals surface area (Å²) in [6.45, 7) is 0.813. The topological polar surface area (TPSA) is 104 Å². The monoisotopic (exact) mass is 251 g/mol. The molecule has 6 heteroatoms. The zero-order valence-electron chi connectivity index (χ0n) is 9.98. The smallest absolute Gasteiger partial charge is 0.309 e. The van der Waals surface area contributed by atoms with Gasteiger partial charge in [0, 0.05) is 19.6 Å². The van der Waals surface area contributed by atoms with Crippen LogP contribution >= 0.6 is 0 Å². The highest BCUT2D eigenvalue weighted by Gasteiger charge is 2.11. The third-order valence-electron chi connectivity index (χ3n) is 2.29. The van der Waals surface area contributed by atoms with Crippen LogP contribution in [-0.2, 0) is 22.7 Å². The van der Waals surface area contributed by atoms with Gasteiger partial charge in [0.2, 0.25) is 0 Å². The van der Waals surface area contributed by atoms with Crippen molar-refractivity contribution in [2.24, 2.45) is 5.73 Å². The maximum Gasteiger partial charge on any atom is 0.309 e. The van der Waals surface area contributed by atoms with E-state index in [-0.39, 0.29) is 19.7 Å². The molecule has 0 atom stereocenters. The third kappa shape index (κ3) is 4.52. The number of rotatable bonds is 5. The third-order valence-corrected chi connectivity index (χ3v) is 2.29. The number of nitrogens with one attached hydrogen (secondary N) is 2. The standard InChI is InChI=1S/C12H17N3O3/c13-5-6-14-11(17)12(18)15-7-9-1-3-10(8-16)4-2-9/h1-4,16H,5-8,13H2,(H,14,17)(H,15,18). The second-order valence-electron chi connectivity index (χ2n) is 3.70. The number of hydrogen-bond acceptors (Lipinski definition) is 4. The fraction of sp³-hybridized carbons (Fsp3) is 0.333. The van der Waals surface area contributed by atoms with Gasteiger partial charge in [0.15, 0.2) is 0 Å². The van der Waals surface area contributed by atoms with Gasteiger partial charge in [0.25, 0.3) is 0 Å². The maximum absolute atomic E-state index is 11.3. The Bertz CT molecular complexity index is 404. The molecule has 1 aromatic rings. The van der Waals surface area contributed by atoms with Gasteiger partial charge in [0.05, 0.1) is 6.61 Å². The summed E-state index contributed by atoms with van der Waals surface area (Å²) in [5, 5.41) is 13.7. The van der Waals surface area contributed by atoms with E-state index in [0.29, 0.717) is 6.54 Å². The molecule has 0 radical (unpaired) electrons. The molecule has 1 rings (SSSR count). The highest BCUT2D eigenvalue weighted by atomic mass is 16.3. The zero-order chi connectivity index (χ0) is 13.4. The van der Waals surface area contributed by atoms with E-state index in [2.05, 4.69) is 10.6 Å². The summed E-state index contributed by atoms with van der Waals surface area (Å²) < 4.78 is 0. The van der Waals surface area contributed by atoms with Crippen molar-refractivity contribution >= 4 is 11.8 Å². The number of aliphatic hydroxyl groups excluding tert-OH is 1. The lowest BCUT2D eigenvalue weighted by atomic mass is 10.1. The highest BCUT2D eigenvalue weighted by molar-refractivity contribution is 6.35. The van der Waals surface area contributed by atoms with Crippen molar-refractivity contribution in [3.05, 3.63) is 35.4 Å². The highest BCUT2D eigenvalue weighted by Crippen LogP contribution is 2.03. The fourth-order valence-electron chi connectivity index (χ4n) is 1.29. The van der Waals surface area contributed by atoms with Crippen LogP contribution in [0.2, 0.25) is 0 Å². The number of nitrogens with two attached hydrogens (primary N) is 1. The largest absolute Gasteiger partial charge is 0.392 e. The van der Waals surface area contributed by atoms with Gasteiger partial charge in [-0.2, -0.15) is 0 Å². The summed E-state index contributed by atoms with van der Waals surface area (Å²) in [7, 11) is 0. The van der Waals surface area contributed by atoms with Gasteiger partial charge < -0.3 is 21.5 Å². The van der Waals surface area contributed by atoms with Crippen LogP contribution in [-0.4, -0.2) is 30.0 Å². The molecule has 0 aliphatic rings. The molecule has 0 aliphatic heterocycles. The van der Waals surface area contributed by atoms with Crippen LogP contribution in [0.1, 0.15) is 11.1 Å². The SMILES string of the molecule is NCCNC(=O)C(=O)NCc1ccc(CO)cc1. The molecule has 98 valence electrons. The number of benzene rings is 1. The van der Waals surface area contributed by atoms with E-state index in [1.54, 1.807) is 24.3 Å². The van der Waals surface area contributed by atoms with Crippen molar-refractivity contribution in [2.75, 3.05) is 13.1 Å². The Labute approximate surface area is 105 Å². The van der Waals surface area contributed by atoms with Crippen LogP contribution in [0.5, 0.6) is 0 Å². The van der Waals surface area contributed by atoms with Crippen LogP contribution in [0.15, 0.2) is 24.3 Å². The minimum absolute atomic E-state index is 0.0197. The van der Waals surface area contributed by atoms with Crippen LogP contribution < -0.4 is 16.4 Å². The molecule has 0 saturated heterocycles. The molecule has 0 bridgehead atoms. The van der Waals surface area contributed by atoms with E-state index in [4.69, 9.17) is 10.8 Å². The van der Waals surface area contributed by atoms with Crippen molar-refractivity contribution in [1.82, 2.24) is 10.6 Å². The van der Waals surface area contributed by atoms with E-state index in [1.807, 2.05) is 0 Å². The molecule has 1 aromatic carbocycles. The molecule has 6 nitrogen and oxygen atoms in total. The van der Waals surface area contributed by atoms with Crippen LogP contribution in [0, 0.1) is 0 Å². The van der Waals surface area contributed by atoms with E-state index >= 15 is 0 Å². The van der Waals surface area contributed by atoms with Crippen molar-refractivity contribution in [2.45, 2.75) is 13.2 Å². The molecule has 0 fully saturated rings. The predicted octanol–water partition coefficient (Wildman–Crippen LogP) is -1.13. The van der Waals surface area contributed by atoms with Gasteiger partial charge >= 0.3 is 11.8 Å². The first kappa shape index (κ1) is 14.1. The van der Waals surface area contributed by atoms with Gasteiger partial charge in [-0.1, -0.05) is 24.3 Å².